The van der Waals surface area contributed by atoms with Gasteiger partial charge in [0.05, 0.1) is 5.52 Å². The highest BCUT2D eigenvalue weighted by Crippen LogP contribution is 2.20. The van der Waals surface area contributed by atoms with E-state index in [1.807, 2.05) is 12.3 Å². The number of benzene rings is 1. The molecule has 0 saturated carbocycles. The molecule has 18 heavy (non-hydrogen) atoms. The van der Waals surface area contributed by atoms with Crippen LogP contribution in [0.3, 0.4) is 0 Å². The van der Waals surface area contributed by atoms with E-state index >= 15 is 0 Å². The molecule has 0 aliphatic heterocycles. The summed E-state index contributed by atoms with van der Waals surface area (Å²) in [5.74, 6) is 0. The number of aromatic nitrogens is 1. The van der Waals surface area contributed by atoms with Crippen LogP contribution < -0.4 is 5.32 Å². The molecule has 2 aromatic heterocycles. The van der Waals surface area contributed by atoms with Gasteiger partial charge in [-0.15, -0.1) is 11.3 Å². The highest BCUT2D eigenvalue weighted by molar-refractivity contribution is 7.10. The van der Waals surface area contributed by atoms with E-state index in [0.717, 1.165) is 17.7 Å². The van der Waals surface area contributed by atoms with Crippen LogP contribution in [0.5, 0.6) is 0 Å². The quantitative estimate of drug-likeness (QED) is 0.757. The number of hydrogen-bond donors (Lipinski definition) is 1. The van der Waals surface area contributed by atoms with Crippen LogP contribution in [0.15, 0.2) is 48.0 Å². The zero-order valence-electron chi connectivity index (χ0n) is 10.2. The lowest BCUT2D eigenvalue weighted by atomic mass is 10.2. The lowest BCUT2D eigenvalue weighted by Gasteiger charge is -2.07. The molecule has 0 radical (unpaired) electrons. The molecule has 2 heterocycles. The average molecular weight is 254 g/mol. The van der Waals surface area contributed by atoms with Gasteiger partial charge >= 0.3 is 0 Å². The predicted molar refractivity (Wildman–Crippen MR) is 78.1 cm³/mol. The minimum atomic E-state index is 0.884. The number of thiophene rings is 1. The van der Waals surface area contributed by atoms with Crippen LogP contribution in [0.25, 0.3) is 10.9 Å². The van der Waals surface area contributed by atoms with Crippen LogP contribution in [-0.2, 0) is 6.54 Å². The Bertz CT molecular complexity index is 673. The molecule has 90 valence electrons. The van der Waals surface area contributed by atoms with E-state index in [0.29, 0.717) is 0 Å². The highest BCUT2D eigenvalue weighted by Gasteiger charge is 2.00. The largest absolute Gasteiger partial charge is 0.380 e. The minimum Gasteiger partial charge on any atom is -0.380 e. The number of rotatable bonds is 3. The monoisotopic (exact) mass is 254 g/mol. The van der Waals surface area contributed by atoms with Crippen molar-refractivity contribution < 1.29 is 0 Å². The Morgan fingerprint density at radius 2 is 2.17 bits per heavy atom. The number of aryl methyl sites for hydroxylation is 1. The zero-order valence-corrected chi connectivity index (χ0v) is 11.0. The normalized spacial score (nSPS) is 10.7. The van der Waals surface area contributed by atoms with Gasteiger partial charge in [0.15, 0.2) is 0 Å². The molecule has 0 saturated heterocycles. The molecule has 0 atom stereocenters. The van der Waals surface area contributed by atoms with E-state index in [-0.39, 0.29) is 0 Å². The maximum Gasteiger partial charge on any atom is 0.0703 e. The van der Waals surface area contributed by atoms with Gasteiger partial charge in [0.25, 0.3) is 0 Å². The van der Waals surface area contributed by atoms with Gasteiger partial charge in [0, 0.05) is 28.7 Å². The predicted octanol–water partition coefficient (Wildman–Crippen LogP) is 4.22. The smallest absolute Gasteiger partial charge is 0.0703 e. The number of hydrogen-bond acceptors (Lipinski definition) is 3. The molecular weight excluding hydrogens is 240 g/mol. The average Bonchev–Trinajstić information content (AvgIpc) is 2.82. The van der Waals surface area contributed by atoms with Crippen molar-refractivity contribution in [3.63, 3.8) is 0 Å². The number of nitrogens with one attached hydrogen (secondary N) is 1. The third-order valence-corrected chi connectivity index (χ3v) is 4.05. The van der Waals surface area contributed by atoms with Gasteiger partial charge in [-0.25, -0.2) is 0 Å². The number of nitrogens with zero attached hydrogens (tertiary/aromatic N) is 1. The molecule has 2 nitrogen and oxygen atoms in total. The van der Waals surface area contributed by atoms with E-state index in [1.165, 1.54) is 15.8 Å². The Hall–Kier alpha value is -1.87. The summed E-state index contributed by atoms with van der Waals surface area (Å²) in [5, 5.41) is 6.77. The Kier molecular flexibility index (Phi) is 2.99. The van der Waals surface area contributed by atoms with Crippen molar-refractivity contribution >= 4 is 27.9 Å². The van der Waals surface area contributed by atoms with E-state index in [2.05, 4.69) is 52.9 Å². The van der Waals surface area contributed by atoms with Crippen LogP contribution in [0.4, 0.5) is 5.69 Å². The minimum absolute atomic E-state index is 0.884. The molecule has 0 amide bonds. The fourth-order valence-corrected chi connectivity index (χ4v) is 2.80. The SMILES string of the molecule is Cc1ccsc1CNc1ccc2ncccc2c1. The van der Waals surface area contributed by atoms with Gasteiger partial charge in [-0.1, -0.05) is 6.07 Å². The second-order valence-corrected chi connectivity index (χ2v) is 5.29. The first-order valence-corrected chi connectivity index (χ1v) is 6.82. The molecule has 1 aromatic carbocycles. The Morgan fingerprint density at radius 3 is 3.00 bits per heavy atom. The topological polar surface area (TPSA) is 24.9 Å². The van der Waals surface area contributed by atoms with E-state index in [9.17, 15) is 0 Å². The van der Waals surface area contributed by atoms with E-state index < -0.39 is 0 Å². The summed E-state index contributed by atoms with van der Waals surface area (Å²) < 4.78 is 0. The van der Waals surface area contributed by atoms with Gasteiger partial charge < -0.3 is 5.32 Å². The molecule has 0 aliphatic rings. The van der Waals surface area contributed by atoms with Crippen molar-refractivity contribution in [3.05, 3.63) is 58.4 Å². The molecule has 0 aliphatic carbocycles. The lowest BCUT2D eigenvalue weighted by molar-refractivity contribution is 1.17. The van der Waals surface area contributed by atoms with Crippen LogP contribution >= 0.6 is 11.3 Å². The number of fused-ring (bicyclic) bond motifs is 1. The first-order valence-electron chi connectivity index (χ1n) is 5.94. The fraction of sp³-hybridized carbons (Fsp3) is 0.133. The second kappa shape index (κ2) is 4.78. The standard InChI is InChI=1S/C15H14N2S/c1-11-6-8-18-15(11)10-17-13-4-5-14-12(9-13)3-2-7-16-14/h2-9,17H,10H2,1H3. The van der Waals surface area contributed by atoms with Crippen LogP contribution in [0.2, 0.25) is 0 Å². The summed E-state index contributed by atoms with van der Waals surface area (Å²) in [5.41, 5.74) is 3.54. The second-order valence-electron chi connectivity index (χ2n) is 4.29. The third kappa shape index (κ3) is 2.22. The van der Waals surface area contributed by atoms with Crippen LogP contribution in [0.1, 0.15) is 10.4 Å². The Labute approximate surface area is 110 Å². The van der Waals surface area contributed by atoms with Crippen molar-refractivity contribution in [1.82, 2.24) is 4.98 Å². The summed E-state index contributed by atoms with van der Waals surface area (Å²) >= 11 is 1.80. The molecule has 3 aromatic rings. The first kappa shape index (κ1) is 11.2. The van der Waals surface area contributed by atoms with Crippen molar-refractivity contribution in [2.24, 2.45) is 0 Å². The van der Waals surface area contributed by atoms with Crippen LogP contribution in [0, 0.1) is 6.92 Å². The Morgan fingerprint density at radius 1 is 1.22 bits per heavy atom. The molecule has 3 rings (SSSR count). The summed E-state index contributed by atoms with van der Waals surface area (Å²) in [6, 6.07) is 12.5. The van der Waals surface area contributed by atoms with Crippen molar-refractivity contribution in [3.8, 4) is 0 Å². The molecule has 3 heteroatoms. The number of pyridine rings is 1. The third-order valence-electron chi connectivity index (χ3n) is 3.02. The number of anilines is 1. The van der Waals surface area contributed by atoms with Crippen molar-refractivity contribution in [1.29, 1.82) is 0 Å². The summed E-state index contributed by atoms with van der Waals surface area (Å²) in [6.07, 6.45) is 1.82. The molecule has 0 fully saturated rings. The highest BCUT2D eigenvalue weighted by atomic mass is 32.1. The van der Waals surface area contributed by atoms with Gasteiger partial charge in [0.1, 0.15) is 0 Å². The molecule has 0 unspecified atom stereocenters. The fourth-order valence-electron chi connectivity index (χ4n) is 1.95. The van der Waals surface area contributed by atoms with Gasteiger partial charge in [-0.3, -0.25) is 4.98 Å². The summed E-state index contributed by atoms with van der Waals surface area (Å²) in [7, 11) is 0. The molecular formula is C15H14N2S. The van der Waals surface area contributed by atoms with E-state index in [1.54, 1.807) is 11.3 Å². The van der Waals surface area contributed by atoms with Crippen LogP contribution in [-0.4, -0.2) is 4.98 Å². The molecule has 0 spiro atoms. The van der Waals surface area contributed by atoms with Gasteiger partial charge in [-0.05, 0) is 48.2 Å². The maximum absolute atomic E-state index is 4.32. The maximum atomic E-state index is 4.32. The lowest BCUT2D eigenvalue weighted by Crippen LogP contribution is -1.98. The molecule has 0 bridgehead atoms. The van der Waals surface area contributed by atoms with Gasteiger partial charge in [-0.2, -0.15) is 0 Å². The zero-order chi connectivity index (χ0) is 12.4. The Balaban J connectivity index is 1.81. The van der Waals surface area contributed by atoms with Crippen molar-refractivity contribution in [2.45, 2.75) is 13.5 Å². The summed E-state index contributed by atoms with van der Waals surface area (Å²) in [4.78, 5) is 5.71. The first-order chi connectivity index (χ1) is 8.83. The van der Waals surface area contributed by atoms with Crippen molar-refractivity contribution in [2.75, 3.05) is 5.32 Å². The molecule has 1 N–H and O–H groups in total. The van der Waals surface area contributed by atoms with E-state index in [4.69, 9.17) is 0 Å². The van der Waals surface area contributed by atoms with Gasteiger partial charge in [0.2, 0.25) is 0 Å². The summed E-state index contributed by atoms with van der Waals surface area (Å²) in [6.45, 7) is 3.03.